The largest absolute Gasteiger partial charge is 0.348 e. The Morgan fingerprint density at radius 1 is 1.32 bits per heavy atom. The van der Waals surface area contributed by atoms with Crippen molar-refractivity contribution in [3.8, 4) is 0 Å². The SMILES string of the molecule is Cc1ccc(NC(=S)N2C[C@H](C)C[C@H](C)C2)cc1F. The number of anilines is 1. The fourth-order valence-corrected chi connectivity index (χ4v) is 2.97. The number of benzene rings is 1. The Kier molecular flexibility index (Phi) is 4.40. The summed E-state index contributed by atoms with van der Waals surface area (Å²) in [4.78, 5) is 2.19. The second-order valence-electron chi connectivity index (χ2n) is 5.75. The molecule has 1 heterocycles. The van der Waals surface area contributed by atoms with Crippen LogP contribution in [0.25, 0.3) is 0 Å². The van der Waals surface area contributed by atoms with E-state index < -0.39 is 0 Å². The van der Waals surface area contributed by atoms with Crippen LogP contribution in [-0.2, 0) is 0 Å². The topological polar surface area (TPSA) is 15.3 Å². The van der Waals surface area contributed by atoms with Crippen molar-refractivity contribution in [1.82, 2.24) is 4.90 Å². The zero-order valence-corrected chi connectivity index (χ0v) is 12.6. The molecule has 2 rings (SSSR count). The molecule has 0 aromatic heterocycles. The fraction of sp³-hybridized carbons (Fsp3) is 0.533. The third-order valence-corrected chi connectivity index (χ3v) is 3.94. The predicted molar refractivity (Wildman–Crippen MR) is 81.9 cm³/mol. The maximum atomic E-state index is 13.5. The summed E-state index contributed by atoms with van der Waals surface area (Å²) in [7, 11) is 0. The molecule has 0 aliphatic carbocycles. The van der Waals surface area contributed by atoms with E-state index in [0.717, 1.165) is 18.8 Å². The van der Waals surface area contributed by atoms with Gasteiger partial charge in [-0.15, -0.1) is 0 Å². The number of rotatable bonds is 1. The Morgan fingerprint density at radius 3 is 2.53 bits per heavy atom. The van der Waals surface area contributed by atoms with Gasteiger partial charge in [0, 0.05) is 18.8 Å². The highest BCUT2D eigenvalue weighted by molar-refractivity contribution is 7.80. The van der Waals surface area contributed by atoms with Crippen molar-refractivity contribution in [2.24, 2.45) is 11.8 Å². The van der Waals surface area contributed by atoms with Gasteiger partial charge in [0.2, 0.25) is 0 Å². The number of nitrogens with one attached hydrogen (secondary N) is 1. The molecule has 1 aromatic rings. The maximum Gasteiger partial charge on any atom is 0.173 e. The Balaban J connectivity index is 2.02. The summed E-state index contributed by atoms with van der Waals surface area (Å²) in [6.07, 6.45) is 1.25. The maximum absolute atomic E-state index is 13.5. The third-order valence-electron chi connectivity index (χ3n) is 3.58. The van der Waals surface area contributed by atoms with Gasteiger partial charge in [0.1, 0.15) is 5.82 Å². The second kappa shape index (κ2) is 5.87. The summed E-state index contributed by atoms with van der Waals surface area (Å²) < 4.78 is 13.5. The third kappa shape index (κ3) is 3.66. The lowest BCUT2D eigenvalue weighted by Crippen LogP contribution is -2.44. The van der Waals surface area contributed by atoms with E-state index in [9.17, 15) is 4.39 Å². The average Bonchev–Trinajstić information content (AvgIpc) is 2.32. The number of aryl methyl sites for hydroxylation is 1. The molecule has 1 aliphatic rings. The molecular formula is C15H21FN2S. The van der Waals surface area contributed by atoms with Crippen molar-refractivity contribution in [3.05, 3.63) is 29.6 Å². The van der Waals surface area contributed by atoms with Crippen LogP contribution >= 0.6 is 12.2 Å². The van der Waals surface area contributed by atoms with Crippen LogP contribution in [0.2, 0.25) is 0 Å². The summed E-state index contributed by atoms with van der Waals surface area (Å²) in [5, 5.41) is 3.83. The first-order valence-corrected chi connectivity index (χ1v) is 7.18. The van der Waals surface area contributed by atoms with Crippen LogP contribution in [0.3, 0.4) is 0 Å². The van der Waals surface area contributed by atoms with Gasteiger partial charge in [-0.2, -0.15) is 0 Å². The standard InChI is InChI=1S/C15H21FN2S/c1-10-6-11(2)9-18(8-10)15(19)17-13-5-4-12(3)14(16)7-13/h4-5,7,10-11H,6,8-9H2,1-3H3,(H,17,19)/t10-,11+. The molecule has 19 heavy (non-hydrogen) atoms. The van der Waals surface area contributed by atoms with Crippen molar-refractivity contribution in [1.29, 1.82) is 0 Å². The van der Waals surface area contributed by atoms with Crippen molar-refractivity contribution >= 4 is 23.0 Å². The van der Waals surface area contributed by atoms with Crippen LogP contribution in [0.4, 0.5) is 10.1 Å². The summed E-state index contributed by atoms with van der Waals surface area (Å²) >= 11 is 5.43. The molecule has 104 valence electrons. The van der Waals surface area contributed by atoms with E-state index in [1.54, 1.807) is 13.0 Å². The number of likely N-dealkylation sites (tertiary alicyclic amines) is 1. The number of hydrogen-bond acceptors (Lipinski definition) is 1. The Morgan fingerprint density at radius 2 is 1.95 bits per heavy atom. The Bertz CT molecular complexity index is 465. The van der Waals surface area contributed by atoms with Crippen LogP contribution in [0.5, 0.6) is 0 Å². The van der Waals surface area contributed by atoms with E-state index in [1.165, 1.54) is 12.5 Å². The molecule has 1 N–H and O–H groups in total. The molecular weight excluding hydrogens is 259 g/mol. The van der Waals surface area contributed by atoms with E-state index in [4.69, 9.17) is 12.2 Å². The van der Waals surface area contributed by atoms with Crippen LogP contribution in [0.15, 0.2) is 18.2 Å². The molecule has 2 atom stereocenters. The van der Waals surface area contributed by atoms with Crippen molar-refractivity contribution in [2.45, 2.75) is 27.2 Å². The van der Waals surface area contributed by atoms with Crippen molar-refractivity contribution < 1.29 is 4.39 Å². The monoisotopic (exact) mass is 280 g/mol. The summed E-state index contributed by atoms with van der Waals surface area (Å²) in [6, 6.07) is 5.13. The van der Waals surface area contributed by atoms with Crippen molar-refractivity contribution in [3.63, 3.8) is 0 Å². The minimum Gasteiger partial charge on any atom is -0.348 e. The van der Waals surface area contributed by atoms with Crippen LogP contribution in [-0.4, -0.2) is 23.1 Å². The average molecular weight is 280 g/mol. The van der Waals surface area contributed by atoms with Gasteiger partial charge in [0.05, 0.1) is 0 Å². The lowest BCUT2D eigenvalue weighted by molar-refractivity contribution is 0.216. The van der Waals surface area contributed by atoms with Crippen LogP contribution in [0, 0.1) is 24.6 Å². The summed E-state index contributed by atoms with van der Waals surface area (Å²) in [5.41, 5.74) is 1.37. The van der Waals surface area contributed by atoms with Gasteiger partial charge in [-0.1, -0.05) is 19.9 Å². The van der Waals surface area contributed by atoms with E-state index in [-0.39, 0.29) is 5.82 Å². The molecule has 0 radical (unpaired) electrons. The molecule has 4 heteroatoms. The van der Waals surface area contributed by atoms with Crippen LogP contribution in [0.1, 0.15) is 25.8 Å². The van der Waals surface area contributed by atoms with Gasteiger partial charge >= 0.3 is 0 Å². The normalized spacial score (nSPS) is 23.3. The highest BCUT2D eigenvalue weighted by atomic mass is 32.1. The van der Waals surface area contributed by atoms with E-state index in [0.29, 0.717) is 22.5 Å². The second-order valence-corrected chi connectivity index (χ2v) is 6.13. The van der Waals surface area contributed by atoms with Gasteiger partial charge in [0.15, 0.2) is 5.11 Å². The highest BCUT2D eigenvalue weighted by Gasteiger charge is 2.23. The molecule has 0 spiro atoms. The van der Waals surface area contributed by atoms with Gasteiger partial charge in [-0.3, -0.25) is 0 Å². The molecule has 0 bridgehead atoms. The molecule has 1 aliphatic heterocycles. The van der Waals surface area contributed by atoms with Gasteiger partial charge < -0.3 is 10.2 Å². The zero-order valence-electron chi connectivity index (χ0n) is 11.7. The number of halogens is 1. The minimum absolute atomic E-state index is 0.201. The molecule has 0 amide bonds. The Hall–Kier alpha value is -1.16. The van der Waals surface area contributed by atoms with Crippen molar-refractivity contribution in [2.75, 3.05) is 18.4 Å². The molecule has 0 saturated carbocycles. The van der Waals surface area contributed by atoms with Gasteiger partial charge in [-0.25, -0.2) is 4.39 Å². The highest BCUT2D eigenvalue weighted by Crippen LogP contribution is 2.22. The first-order valence-electron chi connectivity index (χ1n) is 6.77. The molecule has 2 nitrogen and oxygen atoms in total. The molecule has 1 saturated heterocycles. The fourth-order valence-electron chi connectivity index (χ4n) is 2.70. The van der Waals surface area contributed by atoms with Crippen LogP contribution < -0.4 is 5.32 Å². The Labute approximate surface area is 120 Å². The van der Waals surface area contributed by atoms with Gasteiger partial charge in [0.25, 0.3) is 0 Å². The first-order chi connectivity index (χ1) is 8.95. The van der Waals surface area contributed by atoms with Gasteiger partial charge in [-0.05, 0) is 55.1 Å². The molecule has 0 unspecified atom stereocenters. The summed E-state index contributed by atoms with van der Waals surface area (Å²) in [6.45, 7) is 8.20. The van der Waals surface area contributed by atoms with E-state index >= 15 is 0 Å². The minimum atomic E-state index is -0.201. The molecule has 1 aromatic carbocycles. The number of hydrogen-bond donors (Lipinski definition) is 1. The number of thiocarbonyl (C=S) groups is 1. The lowest BCUT2D eigenvalue weighted by Gasteiger charge is -2.36. The summed E-state index contributed by atoms with van der Waals surface area (Å²) in [5.74, 6) is 1.10. The first kappa shape index (κ1) is 14.3. The number of piperidine rings is 1. The van der Waals surface area contributed by atoms with E-state index in [1.807, 2.05) is 6.07 Å². The van der Waals surface area contributed by atoms with E-state index in [2.05, 4.69) is 24.1 Å². The quantitative estimate of drug-likeness (QED) is 0.788. The smallest absolute Gasteiger partial charge is 0.173 e. The predicted octanol–water partition coefficient (Wildman–Crippen LogP) is 3.81. The number of nitrogens with zero attached hydrogens (tertiary/aromatic N) is 1. The lowest BCUT2D eigenvalue weighted by atomic mass is 9.92. The zero-order chi connectivity index (χ0) is 14.0. The molecule has 1 fully saturated rings.